The number of nitrogens with one attached hydrogen (secondary N) is 6. The molecular formula is C60H71N14O13S2+. The predicted octanol–water partition coefficient (Wildman–Crippen LogP) is -0.0182. The number of aryl methyl sites for hydroxylation is 2. The summed E-state index contributed by atoms with van der Waals surface area (Å²) in [5.41, 5.74) is 25.3. The molecule has 0 spiro atoms. The van der Waals surface area contributed by atoms with E-state index in [2.05, 4.69) is 40.4 Å². The van der Waals surface area contributed by atoms with E-state index in [0.717, 1.165) is 11.1 Å². The van der Waals surface area contributed by atoms with E-state index in [1.165, 1.54) is 52.3 Å². The number of benzene rings is 5. The van der Waals surface area contributed by atoms with E-state index in [9.17, 15) is 55.5 Å². The fourth-order valence-corrected chi connectivity index (χ4v) is 12.5. The van der Waals surface area contributed by atoms with Gasteiger partial charge in [-0.2, -0.15) is 4.99 Å². The summed E-state index contributed by atoms with van der Waals surface area (Å²) in [5.74, 6) is -5.42. The summed E-state index contributed by atoms with van der Waals surface area (Å²) in [5, 5.41) is 19.4. The maximum absolute atomic E-state index is 14.4. The van der Waals surface area contributed by atoms with Crippen LogP contribution in [0, 0.1) is 13.8 Å². The zero-order chi connectivity index (χ0) is 64.2. The number of rotatable bonds is 25. The third-order valence-electron chi connectivity index (χ3n) is 15.1. The van der Waals surface area contributed by atoms with Crippen LogP contribution in [0.2, 0.25) is 0 Å². The smallest absolute Gasteiger partial charge is 0.408 e. The second-order valence-corrected chi connectivity index (χ2v) is 25.0. The molecule has 0 radical (unpaired) electrons. The molecule has 4 aromatic carbocycles. The average molecular weight is 1260 g/mol. The molecule has 2 saturated heterocycles. The Kier molecular flexibility index (Phi) is 21.3. The van der Waals surface area contributed by atoms with Crippen molar-refractivity contribution in [2.45, 2.75) is 99.2 Å². The molecule has 0 unspecified atom stereocenters. The first-order chi connectivity index (χ1) is 42.4. The van der Waals surface area contributed by atoms with Gasteiger partial charge in [-0.25, -0.2) is 35.9 Å². The first-order valence-electron chi connectivity index (χ1n) is 28.6. The normalized spacial score (nSPS) is 15.9. The Morgan fingerprint density at radius 1 is 0.652 bits per heavy atom. The van der Waals surface area contributed by atoms with Crippen molar-refractivity contribution in [1.29, 1.82) is 0 Å². The van der Waals surface area contributed by atoms with Gasteiger partial charge in [-0.1, -0.05) is 53.6 Å². The number of aliphatic imine (C=N–C) groups is 2. The molecule has 8 rings (SSSR count). The molecule has 4 aliphatic rings. The second kappa shape index (κ2) is 29.0. The summed E-state index contributed by atoms with van der Waals surface area (Å²) in [6.07, 6.45) is 1.83. The lowest BCUT2D eigenvalue weighted by Gasteiger charge is -2.26. The molecule has 0 bridgehead atoms. The minimum atomic E-state index is -4.06. The molecule has 4 atom stereocenters. The molecule has 0 saturated carbocycles. The molecule has 27 nitrogen and oxygen atoms in total. The first kappa shape index (κ1) is 65.4. The number of carboxylic acids is 1. The number of anilines is 1. The number of likely N-dealkylation sites (tertiary alicyclic amines) is 2. The summed E-state index contributed by atoms with van der Waals surface area (Å²) < 4.78 is 63.2. The third kappa shape index (κ3) is 16.7. The van der Waals surface area contributed by atoms with Gasteiger partial charge in [0.15, 0.2) is 18.0 Å². The van der Waals surface area contributed by atoms with Crippen molar-refractivity contribution in [2.75, 3.05) is 44.6 Å². The van der Waals surface area contributed by atoms with Crippen molar-refractivity contribution < 1.29 is 64.9 Å². The third-order valence-corrected chi connectivity index (χ3v) is 17.9. The van der Waals surface area contributed by atoms with Crippen LogP contribution in [0.5, 0.6) is 0 Å². The Hall–Kier alpha value is -9.58. The first-order valence-corrected chi connectivity index (χ1v) is 31.6. The van der Waals surface area contributed by atoms with Crippen LogP contribution in [-0.4, -0.2) is 149 Å². The highest BCUT2D eigenvalue weighted by molar-refractivity contribution is 7.89. The largest absolute Gasteiger partial charge is 0.478 e. The summed E-state index contributed by atoms with van der Waals surface area (Å²) in [4.78, 5) is 110. The fraction of sp³-hybridized carbons (Fsp3) is 0.333. The monoisotopic (exact) mass is 1260 g/mol. The van der Waals surface area contributed by atoms with Crippen LogP contribution >= 0.6 is 0 Å². The number of fused-ring (bicyclic) bond motifs is 2. The molecule has 15 N–H and O–H groups in total. The molecule has 2 fully saturated rings. The molecule has 0 aromatic heterocycles. The number of nitrogens with two attached hydrogens (primary N) is 4. The summed E-state index contributed by atoms with van der Waals surface area (Å²) in [6, 6.07) is 23.3. The molecule has 4 aromatic rings. The van der Waals surface area contributed by atoms with E-state index in [1.54, 1.807) is 80.6 Å². The van der Waals surface area contributed by atoms with Crippen molar-refractivity contribution in [3.8, 4) is 22.5 Å². The maximum atomic E-state index is 14.4. The number of amides is 6. The minimum absolute atomic E-state index is 0.0272. The van der Waals surface area contributed by atoms with Crippen molar-refractivity contribution in [2.24, 2.45) is 32.9 Å². The standard InChI is InChI=1S/C60H70N14O13S2/c1-35-15-21-39(22-16-35)88(83,84)67-33-51(75)73-29-7-13-47(73)56(79)71-45(11-5-27-65-59(61)62)54(77)69-37-19-25-43-49(31-37)87-50-32-38(20-26-44(50)53(43)41-9-3-4-10-42(41)58(81)82)70-55(78)46(12-6-28-66-60(63)64)72-57(80)48-14-8-30-74(48)52(76)34-68-89(85,86)40-23-17-36(2)18-24-40/h3-4,9-10,15-26,31-32,45-48,67-68H,5-8,11-14,27-30,33-34H2,1-2H3,(H,69,77)(H,71,79)(H,72,80)(H,81,82)(H4,61,62,65)(H4,63,64,66)/p+1/t45-,46-,47-,48-/m0/s1. The fourth-order valence-electron chi connectivity index (χ4n) is 10.6. The number of sulfonamides is 2. The van der Waals surface area contributed by atoms with Gasteiger partial charge in [-0.3, -0.25) is 34.0 Å². The van der Waals surface area contributed by atoms with E-state index >= 15 is 0 Å². The Bertz CT molecular complexity index is 4000. The number of carbonyl (C=O) groups excluding carboxylic acids is 6. The zero-order valence-electron chi connectivity index (χ0n) is 48.9. The summed E-state index contributed by atoms with van der Waals surface area (Å²) >= 11 is 0. The average Bonchev–Trinajstić information content (AvgIpc) is 1.60. The molecule has 1 aliphatic carbocycles. The number of hydrogen-bond acceptors (Lipinski definition) is 14. The van der Waals surface area contributed by atoms with E-state index < -0.39 is 98.7 Å². The maximum Gasteiger partial charge on any atom is 0.408 e. The van der Waals surface area contributed by atoms with Crippen LogP contribution in [0.1, 0.15) is 72.9 Å². The molecule has 6 amide bonds. The number of nitrogens with zero attached hydrogens (tertiary/aromatic N) is 4. The van der Waals surface area contributed by atoms with E-state index in [1.807, 2.05) is 0 Å². The summed E-state index contributed by atoms with van der Waals surface area (Å²) in [6.45, 7) is 2.89. The molecule has 89 heavy (non-hydrogen) atoms. The highest BCUT2D eigenvalue weighted by atomic mass is 32.2. The lowest BCUT2D eigenvalue weighted by atomic mass is 9.90. The number of aromatic carboxylic acids is 1. The summed E-state index contributed by atoms with van der Waals surface area (Å²) in [7, 11) is -8.13. The zero-order valence-corrected chi connectivity index (χ0v) is 50.5. The number of guanidine groups is 2. The van der Waals surface area contributed by atoms with Crippen LogP contribution < -0.4 is 58.7 Å². The Labute approximate surface area is 512 Å². The lowest BCUT2D eigenvalue weighted by molar-refractivity contribution is -0.419. The quantitative estimate of drug-likeness (QED) is 0.0155. The molecular weight excluding hydrogens is 1190 g/mol. The van der Waals surface area contributed by atoms with Crippen molar-refractivity contribution in [1.82, 2.24) is 29.9 Å². The van der Waals surface area contributed by atoms with Crippen molar-refractivity contribution in [3.05, 3.63) is 131 Å². The van der Waals surface area contributed by atoms with Crippen LogP contribution in [-0.2, 0) is 48.8 Å². The van der Waals surface area contributed by atoms with Gasteiger partial charge in [0.05, 0.1) is 34.5 Å². The molecule has 470 valence electrons. The molecule has 3 heterocycles. The van der Waals surface area contributed by atoms with Gasteiger partial charge in [-0.05, 0) is 119 Å². The Balaban J connectivity index is 1.06. The van der Waals surface area contributed by atoms with Crippen LogP contribution in [0.25, 0.3) is 33.4 Å². The van der Waals surface area contributed by atoms with Crippen molar-refractivity contribution in [3.63, 3.8) is 0 Å². The van der Waals surface area contributed by atoms with Crippen LogP contribution in [0.4, 0.5) is 5.69 Å². The van der Waals surface area contributed by atoms with Crippen LogP contribution in [0.15, 0.2) is 133 Å². The SMILES string of the molecule is Cc1ccc(S(=O)(=O)NCC(=O)N2CCC[C@H]2C(=O)N[C@@H](CCCN=C(N)N)C(=O)Nc2ccc3c(-c4ccccc4C(=O)O)c4ccc(=[NH+]C(=O)[C@H](CCCN=C(N)N)NC(=O)[C@@H]5CCCN5C(=O)CNS(=O)(=O)c5ccc(C)cc5)cc-4oc3c2)cc1. The van der Waals surface area contributed by atoms with E-state index in [4.69, 9.17) is 27.4 Å². The highest BCUT2D eigenvalue weighted by Crippen LogP contribution is 2.42. The van der Waals surface area contributed by atoms with E-state index in [0.29, 0.717) is 34.9 Å². The minimum Gasteiger partial charge on any atom is -0.478 e. The highest BCUT2D eigenvalue weighted by Gasteiger charge is 2.39. The van der Waals surface area contributed by atoms with Gasteiger partial charge in [-0.15, -0.1) is 0 Å². The number of carboxylic acid groups (broad SMARTS) is 1. The van der Waals surface area contributed by atoms with Gasteiger partial charge in [0.2, 0.25) is 54.9 Å². The predicted molar refractivity (Wildman–Crippen MR) is 329 cm³/mol. The van der Waals surface area contributed by atoms with Gasteiger partial charge in [0, 0.05) is 60.5 Å². The Morgan fingerprint density at radius 2 is 1.17 bits per heavy atom. The van der Waals surface area contributed by atoms with Crippen LogP contribution in [0.3, 0.4) is 0 Å². The Morgan fingerprint density at radius 3 is 1.70 bits per heavy atom. The lowest BCUT2D eigenvalue weighted by Crippen LogP contribution is -2.84. The topological polar surface area (TPSA) is 431 Å². The van der Waals surface area contributed by atoms with Gasteiger partial charge < -0.3 is 58.2 Å². The molecule has 3 aliphatic heterocycles. The number of carbonyl (C=O) groups is 7. The van der Waals surface area contributed by atoms with Crippen molar-refractivity contribution >= 4 is 90.0 Å². The van der Waals surface area contributed by atoms with Gasteiger partial charge in [0.1, 0.15) is 29.5 Å². The van der Waals surface area contributed by atoms with E-state index in [-0.39, 0.29) is 114 Å². The van der Waals surface area contributed by atoms with Gasteiger partial charge in [0.25, 0.3) is 0 Å². The molecule has 29 heteroatoms. The number of hydrogen-bond donors (Lipinski definition) is 11. The second-order valence-electron chi connectivity index (χ2n) is 21.5. The van der Waals surface area contributed by atoms with Gasteiger partial charge >= 0.3 is 11.9 Å².